The maximum absolute atomic E-state index is 11.9. The second kappa shape index (κ2) is 3.81. The van der Waals surface area contributed by atoms with Crippen LogP contribution < -0.4 is 0 Å². The number of esters is 1. The van der Waals surface area contributed by atoms with E-state index in [-0.39, 0.29) is 11.5 Å². The zero-order valence-corrected chi connectivity index (χ0v) is 11.2. The molecule has 0 N–H and O–H groups in total. The van der Waals surface area contributed by atoms with Crippen LogP contribution in [0.5, 0.6) is 0 Å². The van der Waals surface area contributed by atoms with Gasteiger partial charge in [-0.3, -0.25) is 0 Å². The highest BCUT2D eigenvalue weighted by molar-refractivity contribution is 5.87. The average molecular weight is 261 g/mol. The normalized spacial score (nSPS) is 39.5. The number of nitrogens with zero attached hydrogens (tertiary/aromatic N) is 3. The molecule has 0 amide bonds. The topological polar surface area (TPSA) is 57.0 Å². The quantitative estimate of drug-likeness (QED) is 0.764. The molecule has 4 aliphatic rings. The molecule has 4 saturated carbocycles. The van der Waals surface area contributed by atoms with Crippen molar-refractivity contribution >= 4 is 5.97 Å². The van der Waals surface area contributed by atoms with E-state index in [1.807, 2.05) is 4.68 Å². The largest absolute Gasteiger partial charge is 0.464 e. The van der Waals surface area contributed by atoms with Gasteiger partial charge in [0.2, 0.25) is 0 Å². The summed E-state index contributed by atoms with van der Waals surface area (Å²) < 4.78 is 6.75. The highest BCUT2D eigenvalue weighted by Gasteiger charge is 2.53. The van der Waals surface area contributed by atoms with Crippen LogP contribution in [0.3, 0.4) is 0 Å². The van der Waals surface area contributed by atoms with E-state index in [1.165, 1.54) is 26.4 Å². The first kappa shape index (κ1) is 11.4. The van der Waals surface area contributed by atoms with Crippen LogP contribution in [0.25, 0.3) is 0 Å². The van der Waals surface area contributed by atoms with E-state index in [4.69, 9.17) is 4.74 Å². The Morgan fingerprint density at radius 2 is 1.84 bits per heavy atom. The van der Waals surface area contributed by atoms with Crippen LogP contribution in [0, 0.1) is 17.8 Å². The molecular weight excluding hydrogens is 242 g/mol. The van der Waals surface area contributed by atoms with Crippen LogP contribution in [-0.2, 0) is 10.3 Å². The van der Waals surface area contributed by atoms with Crippen LogP contribution >= 0.6 is 0 Å². The number of methoxy groups -OCH3 is 1. The number of hydrogen-bond donors (Lipinski definition) is 0. The van der Waals surface area contributed by atoms with Gasteiger partial charge >= 0.3 is 5.97 Å². The molecule has 4 bridgehead atoms. The van der Waals surface area contributed by atoms with Crippen molar-refractivity contribution < 1.29 is 9.53 Å². The van der Waals surface area contributed by atoms with Gasteiger partial charge in [-0.25, -0.2) is 9.48 Å². The lowest BCUT2D eigenvalue weighted by molar-refractivity contribution is -0.0518. The maximum Gasteiger partial charge on any atom is 0.358 e. The van der Waals surface area contributed by atoms with E-state index in [0.29, 0.717) is 5.69 Å². The highest BCUT2D eigenvalue weighted by Crippen LogP contribution is 2.58. The van der Waals surface area contributed by atoms with Gasteiger partial charge in [0.1, 0.15) is 0 Å². The third kappa shape index (κ3) is 1.56. The summed E-state index contributed by atoms with van der Waals surface area (Å²) in [6.07, 6.45) is 9.15. The Morgan fingerprint density at radius 1 is 1.26 bits per heavy atom. The van der Waals surface area contributed by atoms with E-state index in [1.54, 1.807) is 6.20 Å². The summed E-state index contributed by atoms with van der Waals surface area (Å²) in [7, 11) is 1.42. The molecule has 0 aromatic carbocycles. The molecular formula is C14H19N3O2. The fraction of sp³-hybridized carbons (Fsp3) is 0.786. The van der Waals surface area contributed by atoms with Gasteiger partial charge in [-0.2, -0.15) is 0 Å². The molecule has 0 unspecified atom stereocenters. The van der Waals surface area contributed by atoms with E-state index in [0.717, 1.165) is 37.0 Å². The molecule has 1 aromatic rings. The maximum atomic E-state index is 11.9. The van der Waals surface area contributed by atoms with Gasteiger partial charge in [0, 0.05) is 0 Å². The minimum Gasteiger partial charge on any atom is -0.464 e. The zero-order chi connectivity index (χ0) is 13.0. The molecule has 1 aromatic heterocycles. The third-order valence-corrected chi connectivity index (χ3v) is 5.40. The smallest absolute Gasteiger partial charge is 0.358 e. The number of rotatable bonds is 2. The molecule has 19 heavy (non-hydrogen) atoms. The molecule has 1 heterocycles. The second-order valence-electron chi connectivity index (χ2n) is 6.66. The van der Waals surface area contributed by atoms with Crippen LogP contribution in [0.4, 0.5) is 0 Å². The lowest BCUT2D eigenvalue weighted by Gasteiger charge is -2.56. The van der Waals surface area contributed by atoms with Crippen molar-refractivity contribution in [1.29, 1.82) is 0 Å². The first-order valence-electron chi connectivity index (χ1n) is 7.20. The molecule has 0 aliphatic heterocycles. The monoisotopic (exact) mass is 261 g/mol. The summed E-state index contributed by atoms with van der Waals surface area (Å²) in [5.41, 5.74) is 0.554. The summed E-state index contributed by atoms with van der Waals surface area (Å²) >= 11 is 0. The van der Waals surface area contributed by atoms with Crippen molar-refractivity contribution in [3.63, 3.8) is 0 Å². The minimum atomic E-state index is -0.319. The highest BCUT2D eigenvalue weighted by atomic mass is 16.5. The van der Waals surface area contributed by atoms with E-state index in [2.05, 4.69) is 10.3 Å². The SMILES string of the molecule is COC(=O)c1cnnn1C12CC3CC(CC(C3)C1)C2. The molecule has 5 nitrogen and oxygen atoms in total. The first-order valence-corrected chi connectivity index (χ1v) is 7.20. The molecule has 4 fully saturated rings. The van der Waals surface area contributed by atoms with Crippen LogP contribution in [-0.4, -0.2) is 28.1 Å². The van der Waals surface area contributed by atoms with Crippen molar-refractivity contribution in [2.24, 2.45) is 17.8 Å². The Morgan fingerprint density at radius 3 is 2.37 bits per heavy atom. The fourth-order valence-corrected chi connectivity index (χ4v) is 5.15. The average Bonchev–Trinajstić information content (AvgIpc) is 2.86. The molecule has 5 rings (SSSR count). The van der Waals surface area contributed by atoms with Gasteiger partial charge in [-0.05, 0) is 56.3 Å². The van der Waals surface area contributed by atoms with Gasteiger partial charge < -0.3 is 4.74 Å². The van der Waals surface area contributed by atoms with Crippen molar-refractivity contribution in [3.8, 4) is 0 Å². The summed E-state index contributed by atoms with van der Waals surface area (Å²) in [5, 5.41) is 8.20. The number of ether oxygens (including phenoxy) is 1. The molecule has 102 valence electrons. The number of hydrogen-bond acceptors (Lipinski definition) is 4. The third-order valence-electron chi connectivity index (χ3n) is 5.40. The Kier molecular flexibility index (Phi) is 2.29. The number of aromatic nitrogens is 3. The summed E-state index contributed by atoms with van der Waals surface area (Å²) in [6, 6.07) is 0. The van der Waals surface area contributed by atoms with Gasteiger partial charge in [0.25, 0.3) is 0 Å². The Labute approximate surface area is 112 Å². The minimum absolute atomic E-state index is 0.0365. The van der Waals surface area contributed by atoms with Crippen molar-refractivity contribution in [1.82, 2.24) is 15.0 Å². The molecule has 5 heteroatoms. The van der Waals surface area contributed by atoms with E-state index < -0.39 is 0 Å². The Hall–Kier alpha value is -1.39. The standard InChI is InChI=1S/C14H19N3O2/c1-19-13(18)12-8-15-16-17(12)14-5-9-2-10(6-14)4-11(3-9)7-14/h8-11H,2-7H2,1H3. The predicted octanol–water partition coefficient (Wildman–Crippen LogP) is 1.99. The summed E-state index contributed by atoms with van der Waals surface area (Å²) in [6.45, 7) is 0. The molecule has 0 radical (unpaired) electrons. The molecule has 0 spiro atoms. The molecule has 0 atom stereocenters. The first-order chi connectivity index (χ1) is 9.20. The van der Waals surface area contributed by atoms with Gasteiger partial charge in [-0.1, -0.05) is 5.21 Å². The van der Waals surface area contributed by atoms with E-state index in [9.17, 15) is 4.79 Å². The van der Waals surface area contributed by atoms with E-state index >= 15 is 0 Å². The zero-order valence-electron chi connectivity index (χ0n) is 11.2. The Balaban J connectivity index is 1.76. The van der Waals surface area contributed by atoms with Crippen LogP contribution in [0.2, 0.25) is 0 Å². The second-order valence-corrected chi connectivity index (χ2v) is 6.66. The fourth-order valence-electron chi connectivity index (χ4n) is 5.15. The lowest BCUT2D eigenvalue weighted by Crippen LogP contribution is -2.53. The summed E-state index contributed by atoms with van der Waals surface area (Å²) in [4.78, 5) is 11.9. The number of carbonyl (C=O) groups is 1. The lowest BCUT2D eigenvalue weighted by atomic mass is 9.53. The number of carbonyl (C=O) groups excluding carboxylic acids is 1. The molecule has 0 saturated heterocycles. The van der Waals surface area contributed by atoms with Crippen molar-refractivity contribution in [2.45, 2.75) is 44.1 Å². The van der Waals surface area contributed by atoms with Gasteiger partial charge in [-0.15, -0.1) is 5.10 Å². The van der Waals surface area contributed by atoms with Crippen molar-refractivity contribution in [2.75, 3.05) is 7.11 Å². The Bertz CT molecular complexity index is 487. The molecule has 4 aliphatic carbocycles. The predicted molar refractivity (Wildman–Crippen MR) is 67.5 cm³/mol. The van der Waals surface area contributed by atoms with Gasteiger partial charge in [0.15, 0.2) is 5.69 Å². The van der Waals surface area contributed by atoms with Crippen LogP contribution in [0.1, 0.15) is 49.0 Å². The van der Waals surface area contributed by atoms with Crippen molar-refractivity contribution in [3.05, 3.63) is 11.9 Å². The summed E-state index contributed by atoms with van der Waals surface area (Å²) in [5.74, 6) is 2.14. The van der Waals surface area contributed by atoms with Gasteiger partial charge in [0.05, 0.1) is 18.8 Å². The van der Waals surface area contributed by atoms with Crippen LogP contribution in [0.15, 0.2) is 6.20 Å².